The van der Waals surface area contributed by atoms with Gasteiger partial charge in [-0.15, -0.1) is 0 Å². The van der Waals surface area contributed by atoms with Gasteiger partial charge in [0.1, 0.15) is 0 Å². The summed E-state index contributed by atoms with van der Waals surface area (Å²) in [7, 11) is -3.12. The quantitative estimate of drug-likeness (QED) is 0.740. The molecular weight excluding hydrogens is 300 g/mol. The first kappa shape index (κ1) is 14.7. The molecule has 0 aliphatic heterocycles. The van der Waals surface area contributed by atoms with E-state index < -0.39 is 9.84 Å². The number of halogens is 1. The van der Waals surface area contributed by atoms with Gasteiger partial charge in [0.25, 0.3) is 0 Å². The van der Waals surface area contributed by atoms with E-state index in [2.05, 4.69) is 22.9 Å². The molecule has 0 N–H and O–H groups in total. The lowest BCUT2D eigenvalue weighted by molar-refractivity contribution is 0.588. The zero-order valence-electron chi connectivity index (χ0n) is 10.4. The van der Waals surface area contributed by atoms with Crippen molar-refractivity contribution in [3.63, 3.8) is 0 Å². The van der Waals surface area contributed by atoms with Crippen molar-refractivity contribution in [2.75, 3.05) is 5.75 Å². The topological polar surface area (TPSA) is 34.1 Å². The Morgan fingerprint density at radius 3 is 2.53 bits per heavy atom. The van der Waals surface area contributed by atoms with E-state index >= 15 is 0 Å². The fourth-order valence-electron chi connectivity index (χ4n) is 1.75. The van der Waals surface area contributed by atoms with Gasteiger partial charge in [-0.25, -0.2) is 8.42 Å². The van der Waals surface area contributed by atoms with Crippen LogP contribution in [0.3, 0.4) is 0 Å². The maximum atomic E-state index is 12.1. The Kier molecular flexibility index (Phi) is 5.67. The van der Waals surface area contributed by atoms with Gasteiger partial charge in [-0.1, -0.05) is 48.2 Å². The molecule has 4 heteroatoms. The highest BCUT2D eigenvalue weighted by molar-refractivity contribution is 9.10. The molecular formula is C13H19BrO2S. The Morgan fingerprint density at radius 2 is 1.88 bits per heavy atom. The number of rotatable bonds is 6. The summed E-state index contributed by atoms with van der Waals surface area (Å²) in [5, 5.41) is 0. The summed E-state index contributed by atoms with van der Waals surface area (Å²) in [5.41, 5.74) is 0.808. The van der Waals surface area contributed by atoms with Crippen LogP contribution in [-0.4, -0.2) is 14.2 Å². The van der Waals surface area contributed by atoms with Crippen molar-refractivity contribution in [1.82, 2.24) is 0 Å². The first-order valence-corrected chi connectivity index (χ1v) is 8.41. The van der Waals surface area contributed by atoms with E-state index in [9.17, 15) is 8.42 Å². The van der Waals surface area contributed by atoms with Crippen LogP contribution in [0.4, 0.5) is 0 Å². The molecule has 17 heavy (non-hydrogen) atoms. The maximum Gasteiger partial charge on any atom is 0.178 e. The van der Waals surface area contributed by atoms with Crippen molar-refractivity contribution in [3.8, 4) is 0 Å². The molecule has 1 aromatic rings. The minimum atomic E-state index is -3.12. The minimum Gasteiger partial charge on any atom is -0.224 e. The number of unbranched alkanes of at least 4 members (excludes halogenated alkanes) is 3. The molecule has 0 spiro atoms. The van der Waals surface area contributed by atoms with Gasteiger partial charge >= 0.3 is 0 Å². The summed E-state index contributed by atoms with van der Waals surface area (Å²) in [5.74, 6) is 0.254. The first-order valence-electron chi connectivity index (χ1n) is 5.97. The second-order valence-corrected chi connectivity index (χ2v) is 7.17. The van der Waals surface area contributed by atoms with Crippen LogP contribution in [0, 0.1) is 6.92 Å². The Labute approximate surface area is 112 Å². The third kappa shape index (κ3) is 4.11. The van der Waals surface area contributed by atoms with E-state index in [1.165, 1.54) is 0 Å². The average molecular weight is 319 g/mol. The molecule has 0 saturated heterocycles. The van der Waals surface area contributed by atoms with Gasteiger partial charge in [-0.05, 0) is 31.0 Å². The molecule has 0 unspecified atom stereocenters. The molecule has 0 heterocycles. The number of hydrogen-bond acceptors (Lipinski definition) is 2. The van der Waals surface area contributed by atoms with E-state index in [4.69, 9.17) is 0 Å². The molecule has 1 aromatic carbocycles. The third-order valence-corrected chi connectivity index (χ3v) is 5.62. The molecule has 2 nitrogen and oxygen atoms in total. The Bertz CT molecular complexity index is 466. The molecule has 96 valence electrons. The molecule has 0 radical (unpaired) electrons. The van der Waals surface area contributed by atoms with E-state index in [-0.39, 0.29) is 5.75 Å². The highest BCUT2D eigenvalue weighted by Gasteiger charge is 2.17. The van der Waals surface area contributed by atoms with Gasteiger partial charge in [-0.2, -0.15) is 0 Å². The second-order valence-electron chi connectivity index (χ2n) is 4.24. The molecule has 0 bridgehead atoms. The number of sulfone groups is 1. The van der Waals surface area contributed by atoms with Gasteiger partial charge < -0.3 is 0 Å². The van der Waals surface area contributed by atoms with Crippen molar-refractivity contribution in [1.29, 1.82) is 0 Å². The second kappa shape index (κ2) is 6.55. The summed E-state index contributed by atoms with van der Waals surface area (Å²) >= 11 is 3.37. The highest BCUT2D eigenvalue weighted by Crippen LogP contribution is 2.24. The molecule has 1 rings (SSSR count). The molecule has 0 fully saturated rings. The molecule has 0 atom stereocenters. The SMILES string of the molecule is CCCCCCS(=O)(=O)c1cccc(Br)c1C. The van der Waals surface area contributed by atoms with Crippen LogP contribution in [0.15, 0.2) is 27.6 Å². The fourth-order valence-corrected chi connectivity index (χ4v) is 3.92. The Balaban J connectivity index is 2.79. The monoisotopic (exact) mass is 318 g/mol. The predicted molar refractivity (Wildman–Crippen MR) is 75.1 cm³/mol. The van der Waals surface area contributed by atoms with Crippen LogP contribution in [0.25, 0.3) is 0 Å². The van der Waals surface area contributed by atoms with Gasteiger partial charge in [0.05, 0.1) is 10.6 Å². The average Bonchev–Trinajstić information content (AvgIpc) is 2.28. The summed E-state index contributed by atoms with van der Waals surface area (Å²) in [4.78, 5) is 0.461. The lowest BCUT2D eigenvalue weighted by Gasteiger charge is -2.08. The van der Waals surface area contributed by atoms with E-state index in [0.717, 1.165) is 35.7 Å². The van der Waals surface area contributed by atoms with Crippen LogP contribution >= 0.6 is 15.9 Å². The number of hydrogen-bond donors (Lipinski definition) is 0. The van der Waals surface area contributed by atoms with Gasteiger partial charge in [0.15, 0.2) is 9.84 Å². The standard InChI is InChI=1S/C13H19BrO2S/c1-3-4-5-6-10-17(15,16)13-9-7-8-12(14)11(13)2/h7-9H,3-6,10H2,1-2H3. The van der Waals surface area contributed by atoms with Gasteiger partial charge in [0.2, 0.25) is 0 Å². The smallest absolute Gasteiger partial charge is 0.178 e. The van der Waals surface area contributed by atoms with E-state index in [0.29, 0.717) is 4.90 Å². The summed E-state index contributed by atoms with van der Waals surface area (Å²) in [6.07, 6.45) is 3.97. The van der Waals surface area contributed by atoms with Crippen LogP contribution in [0.2, 0.25) is 0 Å². The largest absolute Gasteiger partial charge is 0.224 e. The molecule has 0 aliphatic carbocycles. The predicted octanol–water partition coefficient (Wildman–Crippen LogP) is 4.11. The van der Waals surface area contributed by atoms with Gasteiger partial charge in [0, 0.05) is 4.47 Å². The number of benzene rings is 1. The van der Waals surface area contributed by atoms with Crippen molar-refractivity contribution >= 4 is 25.8 Å². The van der Waals surface area contributed by atoms with Crippen LogP contribution in [0.5, 0.6) is 0 Å². The Morgan fingerprint density at radius 1 is 1.18 bits per heavy atom. The Hall–Kier alpha value is -0.350. The maximum absolute atomic E-state index is 12.1. The third-order valence-electron chi connectivity index (χ3n) is 2.82. The summed E-state index contributed by atoms with van der Waals surface area (Å²) in [6.45, 7) is 3.95. The molecule has 0 saturated carbocycles. The van der Waals surface area contributed by atoms with Crippen molar-refractivity contribution in [3.05, 3.63) is 28.2 Å². The summed E-state index contributed by atoms with van der Waals surface area (Å²) < 4.78 is 25.1. The van der Waals surface area contributed by atoms with Crippen LogP contribution in [-0.2, 0) is 9.84 Å². The summed E-state index contributed by atoms with van der Waals surface area (Å²) in [6, 6.07) is 5.33. The minimum absolute atomic E-state index is 0.254. The molecule has 0 amide bonds. The molecule has 0 aromatic heterocycles. The fraction of sp³-hybridized carbons (Fsp3) is 0.538. The van der Waals surface area contributed by atoms with Crippen LogP contribution in [0.1, 0.15) is 38.2 Å². The van der Waals surface area contributed by atoms with Crippen LogP contribution < -0.4 is 0 Å². The van der Waals surface area contributed by atoms with E-state index in [1.807, 2.05) is 13.0 Å². The van der Waals surface area contributed by atoms with Crippen molar-refractivity contribution < 1.29 is 8.42 Å². The van der Waals surface area contributed by atoms with Gasteiger partial charge in [-0.3, -0.25) is 0 Å². The lowest BCUT2D eigenvalue weighted by atomic mass is 10.2. The van der Waals surface area contributed by atoms with Crippen molar-refractivity contribution in [2.24, 2.45) is 0 Å². The zero-order valence-corrected chi connectivity index (χ0v) is 12.8. The lowest BCUT2D eigenvalue weighted by Crippen LogP contribution is -2.08. The normalized spacial score (nSPS) is 11.7. The highest BCUT2D eigenvalue weighted by atomic mass is 79.9. The zero-order chi connectivity index (χ0) is 12.9. The van der Waals surface area contributed by atoms with Crippen molar-refractivity contribution in [2.45, 2.75) is 44.4 Å². The first-order chi connectivity index (χ1) is 7.99. The van der Waals surface area contributed by atoms with E-state index in [1.54, 1.807) is 12.1 Å². The molecule has 0 aliphatic rings.